The van der Waals surface area contributed by atoms with Crippen LogP contribution in [-0.4, -0.2) is 90.5 Å². The molecule has 1 heterocycles. The number of hydrogen-bond acceptors (Lipinski definition) is 8. The van der Waals surface area contributed by atoms with Gasteiger partial charge >= 0.3 is 0 Å². The maximum Gasteiger partial charge on any atom is 0.217 e. The van der Waals surface area contributed by atoms with E-state index in [1.165, 1.54) is 6.92 Å². The molecule has 1 fully saturated rings. The Morgan fingerprint density at radius 3 is 2.32 bits per heavy atom. The van der Waals surface area contributed by atoms with Crippen LogP contribution < -0.4 is 5.32 Å². The van der Waals surface area contributed by atoms with Crippen LogP contribution >= 0.6 is 0 Å². The average molecular weight is 365 g/mol. The standard InChI is InChI=1S/C16H31NO8/c1-10(19)17-12-14(21)13(20)11(9-18)25-15(12)23-7-5-22-6-8-24-16(2,3)4/h11-15,18,20-21H,5-9H2,1-4H3,(H,17,19). The largest absolute Gasteiger partial charge is 0.394 e. The zero-order chi connectivity index (χ0) is 19.0. The first kappa shape index (κ1) is 22.2. The molecule has 9 nitrogen and oxygen atoms in total. The lowest BCUT2D eigenvalue weighted by Crippen LogP contribution is -2.64. The van der Waals surface area contributed by atoms with Crippen LogP contribution in [0.1, 0.15) is 27.7 Å². The molecule has 0 aliphatic carbocycles. The number of nitrogens with one attached hydrogen (secondary N) is 1. The number of hydrogen-bond donors (Lipinski definition) is 4. The topological polar surface area (TPSA) is 127 Å². The molecule has 5 atom stereocenters. The number of amides is 1. The minimum atomic E-state index is -1.33. The molecular formula is C16H31NO8. The van der Waals surface area contributed by atoms with Gasteiger partial charge in [0, 0.05) is 6.92 Å². The van der Waals surface area contributed by atoms with Crippen molar-refractivity contribution in [2.24, 2.45) is 0 Å². The first-order valence-electron chi connectivity index (χ1n) is 8.38. The second-order valence-corrected chi connectivity index (χ2v) is 6.88. The molecule has 25 heavy (non-hydrogen) atoms. The van der Waals surface area contributed by atoms with Gasteiger partial charge in [0.2, 0.25) is 5.91 Å². The highest BCUT2D eigenvalue weighted by Gasteiger charge is 2.45. The fourth-order valence-corrected chi connectivity index (χ4v) is 2.34. The highest BCUT2D eigenvalue weighted by Crippen LogP contribution is 2.22. The van der Waals surface area contributed by atoms with Crippen LogP contribution in [0.25, 0.3) is 0 Å². The molecule has 1 aliphatic heterocycles. The van der Waals surface area contributed by atoms with Crippen LogP contribution in [-0.2, 0) is 23.7 Å². The maximum absolute atomic E-state index is 11.3. The van der Waals surface area contributed by atoms with Gasteiger partial charge in [-0.25, -0.2) is 0 Å². The molecular weight excluding hydrogens is 334 g/mol. The number of aliphatic hydroxyl groups is 3. The van der Waals surface area contributed by atoms with Crippen molar-refractivity contribution in [3.05, 3.63) is 0 Å². The fourth-order valence-electron chi connectivity index (χ4n) is 2.34. The van der Waals surface area contributed by atoms with E-state index in [9.17, 15) is 20.1 Å². The Balaban J connectivity index is 2.40. The quantitative estimate of drug-likeness (QED) is 0.375. The Morgan fingerprint density at radius 1 is 1.12 bits per heavy atom. The lowest BCUT2D eigenvalue weighted by molar-refractivity contribution is -0.272. The van der Waals surface area contributed by atoms with Gasteiger partial charge in [0.1, 0.15) is 24.4 Å². The number of rotatable bonds is 9. The third kappa shape index (κ3) is 7.95. The van der Waals surface area contributed by atoms with Crippen LogP contribution in [0.5, 0.6) is 0 Å². The molecule has 9 heteroatoms. The summed E-state index contributed by atoms with van der Waals surface area (Å²) in [6.45, 7) is 7.94. The van der Waals surface area contributed by atoms with Gasteiger partial charge in [-0.15, -0.1) is 0 Å². The van der Waals surface area contributed by atoms with Crippen LogP contribution in [0, 0.1) is 0 Å². The Morgan fingerprint density at radius 2 is 1.76 bits per heavy atom. The molecule has 0 bridgehead atoms. The summed E-state index contributed by atoms with van der Waals surface area (Å²) in [6.07, 6.45) is -4.65. The van der Waals surface area contributed by atoms with E-state index in [1.54, 1.807) is 0 Å². The first-order chi connectivity index (χ1) is 11.7. The van der Waals surface area contributed by atoms with E-state index in [0.29, 0.717) is 13.2 Å². The minimum Gasteiger partial charge on any atom is -0.394 e. The molecule has 0 aromatic heterocycles. The van der Waals surface area contributed by atoms with Crippen molar-refractivity contribution in [3.63, 3.8) is 0 Å². The van der Waals surface area contributed by atoms with E-state index in [0.717, 1.165) is 0 Å². The lowest BCUT2D eigenvalue weighted by atomic mass is 9.97. The van der Waals surface area contributed by atoms with Crippen LogP contribution in [0.4, 0.5) is 0 Å². The molecule has 148 valence electrons. The predicted octanol–water partition coefficient (Wildman–Crippen LogP) is -1.22. The number of carbonyl (C=O) groups excluding carboxylic acids is 1. The monoisotopic (exact) mass is 365 g/mol. The molecule has 1 amide bonds. The van der Waals surface area contributed by atoms with Crippen molar-refractivity contribution in [2.45, 2.75) is 63.9 Å². The van der Waals surface area contributed by atoms with E-state index < -0.39 is 43.2 Å². The molecule has 4 N–H and O–H groups in total. The van der Waals surface area contributed by atoms with Crippen molar-refractivity contribution >= 4 is 5.91 Å². The molecule has 1 aliphatic rings. The molecule has 1 rings (SSSR count). The highest BCUT2D eigenvalue weighted by molar-refractivity contribution is 5.73. The number of aliphatic hydroxyl groups excluding tert-OH is 3. The summed E-state index contributed by atoms with van der Waals surface area (Å²) < 4.78 is 21.8. The lowest BCUT2D eigenvalue weighted by Gasteiger charge is -2.42. The van der Waals surface area contributed by atoms with Crippen molar-refractivity contribution in [2.75, 3.05) is 33.0 Å². The van der Waals surface area contributed by atoms with Crippen molar-refractivity contribution in [1.29, 1.82) is 0 Å². The Hall–Kier alpha value is -0.810. The summed E-state index contributed by atoms with van der Waals surface area (Å²) in [7, 11) is 0. The molecule has 0 saturated carbocycles. The Kier molecular flexibility index (Phi) is 9.22. The minimum absolute atomic E-state index is 0.150. The van der Waals surface area contributed by atoms with Crippen LogP contribution in [0.2, 0.25) is 0 Å². The Bertz CT molecular complexity index is 400. The number of ether oxygens (including phenoxy) is 4. The van der Waals surface area contributed by atoms with Gasteiger partial charge in [0.15, 0.2) is 6.29 Å². The third-order valence-corrected chi connectivity index (χ3v) is 3.52. The number of carbonyl (C=O) groups is 1. The fraction of sp³-hybridized carbons (Fsp3) is 0.938. The van der Waals surface area contributed by atoms with E-state index in [4.69, 9.17) is 18.9 Å². The zero-order valence-corrected chi connectivity index (χ0v) is 15.3. The normalized spacial score (nSPS) is 30.3. The predicted molar refractivity (Wildman–Crippen MR) is 87.8 cm³/mol. The molecule has 0 aromatic carbocycles. The van der Waals surface area contributed by atoms with E-state index in [1.807, 2.05) is 20.8 Å². The van der Waals surface area contributed by atoms with E-state index in [2.05, 4.69) is 5.32 Å². The summed E-state index contributed by atoms with van der Waals surface area (Å²) in [4.78, 5) is 11.3. The second kappa shape index (κ2) is 10.4. The van der Waals surface area contributed by atoms with Crippen molar-refractivity contribution in [3.8, 4) is 0 Å². The molecule has 0 aromatic rings. The highest BCUT2D eigenvalue weighted by atomic mass is 16.7. The summed E-state index contributed by atoms with van der Waals surface area (Å²) in [6, 6.07) is -0.945. The van der Waals surface area contributed by atoms with Gasteiger partial charge in [-0.3, -0.25) is 4.79 Å². The SMILES string of the molecule is CC(=O)NC1C(OCCOCCOC(C)(C)C)OC(CO)C(O)C1O. The summed E-state index contributed by atoms with van der Waals surface area (Å²) in [5.74, 6) is -0.397. The average Bonchev–Trinajstić information content (AvgIpc) is 2.51. The van der Waals surface area contributed by atoms with Crippen molar-refractivity contribution in [1.82, 2.24) is 5.32 Å². The van der Waals surface area contributed by atoms with E-state index >= 15 is 0 Å². The van der Waals surface area contributed by atoms with Crippen molar-refractivity contribution < 1.29 is 39.1 Å². The molecule has 5 unspecified atom stereocenters. The van der Waals surface area contributed by atoms with E-state index in [-0.39, 0.29) is 18.8 Å². The first-order valence-corrected chi connectivity index (χ1v) is 8.38. The van der Waals surface area contributed by atoms with Crippen LogP contribution in [0.15, 0.2) is 0 Å². The van der Waals surface area contributed by atoms with Crippen LogP contribution in [0.3, 0.4) is 0 Å². The van der Waals surface area contributed by atoms with Gasteiger partial charge in [0.25, 0.3) is 0 Å². The van der Waals surface area contributed by atoms with Gasteiger partial charge in [0.05, 0.1) is 38.6 Å². The summed E-state index contributed by atoms with van der Waals surface area (Å²) in [5, 5.41) is 31.7. The third-order valence-electron chi connectivity index (χ3n) is 3.52. The maximum atomic E-state index is 11.3. The molecule has 0 spiro atoms. The van der Waals surface area contributed by atoms with Gasteiger partial charge in [-0.1, -0.05) is 0 Å². The van der Waals surface area contributed by atoms with Gasteiger partial charge in [-0.05, 0) is 20.8 Å². The zero-order valence-electron chi connectivity index (χ0n) is 15.3. The van der Waals surface area contributed by atoms with Gasteiger partial charge in [-0.2, -0.15) is 0 Å². The van der Waals surface area contributed by atoms with Gasteiger partial charge < -0.3 is 39.6 Å². The molecule has 1 saturated heterocycles. The summed E-state index contributed by atoms with van der Waals surface area (Å²) >= 11 is 0. The summed E-state index contributed by atoms with van der Waals surface area (Å²) in [5.41, 5.74) is -0.225. The smallest absolute Gasteiger partial charge is 0.217 e. The molecule has 0 radical (unpaired) electrons. The Labute approximate surface area is 148 Å². The second-order valence-electron chi connectivity index (χ2n) is 6.88.